The predicted molar refractivity (Wildman–Crippen MR) is 237 cm³/mol. The van der Waals surface area contributed by atoms with Crippen LogP contribution < -0.4 is 4.90 Å². The normalized spacial score (nSPS) is 11.6. The van der Waals surface area contributed by atoms with E-state index in [9.17, 15) is 0 Å². The van der Waals surface area contributed by atoms with Crippen molar-refractivity contribution in [3.8, 4) is 33.4 Å². The van der Waals surface area contributed by atoms with Gasteiger partial charge >= 0.3 is 0 Å². The third-order valence-corrected chi connectivity index (χ3v) is 11.2. The highest BCUT2D eigenvalue weighted by molar-refractivity contribution is 6.19. The standard InChI is InChI=1S/C54H35NO/c1-3-14-36(15-4-1)40-28-32-50(49(35-40)38-16-5-2-6-17-38)55(42-29-30-45-41(34-42)27-26-39-19-8-9-21-43(39)45)51-33-31-47(46-24-13-20-37-18-7-10-22-44(37)46)54-53(51)48-23-11-12-25-52(48)56-54/h1-35H. The SMILES string of the molecule is c1ccc(-c2ccc(N(c3ccc4c(ccc5ccccc54)c3)c3ccc(-c4cccc5ccccc45)c4oc5ccccc5c34)c(-c3ccccc3)c2)cc1. The molecular weight excluding hydrogens is 679 g/mol. The van der Waals surface area contributed by atoms with Gasteiger partial charge in [0.05, 0.1) is 16.8 Å². The van der Waals surface area contributed by atoms with Crippen molar-refractivity contribution in [3.05, 3.63) is 212 Å². The molecule has 0 bridgehead atoms. The van der Waals surface area contributed by atoms with Gasteiger partial charge in [-0.2, -0.15) is 0 Å². The van der Waals surface area contributed by atoms with Crippen molar-refractivity contribution in [2.45, 2.75) is 0 Å². The lowest BCUT2D eigenvalue weighted by atomic mass is 9.94. The molecule has 0 atom stereocenters. The van der Waals surface area contributed by atoms with E-state index in [1.54, 1.807) is 0 Å². The molecule has 56 heavy (non-hydrogen) atoms. The van der Waals surface area contributed by atoms with Crippen LogP contribution in [0.2, 0.25) is 0 Å². The molecule has 0 spiro atoms. The molecule has 0 aliphatic heterocycles. The lowest BCUT2D eigenvalue weighted by Crippen LogP contribution is -2.12. The molecule has 262 valence electrons. The van der Waals surface area contributed by atoms with Gasteiger partial charge in [0, 0.05) is 22.2 Å². The number of hydrogen-bond donors (Lipinski definition) is 0. The largest absolute Gasteiger partial charge is 0.455 e. The summed E-state index contributed by atoms with van der Waals surface area (Å²) in [7, 11) is 0. The first-order valence-electron chi connectivity index (χ1n) is 19.2. The monoisotopic (exact) mass is 713 g/mol. The maximum atomic E-state index is 6.93. The van der Waals surface area contributed by atoms with E-state index in [1.165, 1.54) is 43.4 Å². The number of rotatable bonds is 6. The van der Waals surface area contributed by atoms with Crippen LogP contribution in [0.3, 0.4) is 0 Å². The number of nitrogens with zero attached hydrogens (tertiary/aromatic N) is 1. The first-order valence-corrected chi connectivity index (χ1v) is 19.2. The number of furan rings is 1. The van der Waals surface area contributed by atoms with E-state index in [2.05, 4.69) is 217 Å². The Labute approximate surface area is 325 Å². The molecule has 1 heterocycles. The Morgan fingerprint density at radius 1 is 0.321 bits per heavy atom. The van der Waals surface area contributed by atoms with Gasteiger partial charge in [-0.15, -0.1) is 0 Å². The topological polar surface area (TPSA) is 16.4 Å². The van der Waals surface area contributed by atoms with Crippen LogP contribution in [0.4, 0.5) is 17.1 Å². The van der Waals surface area contributed by atoms with Crippen LogP contribution in [0.1, 0.15) is 0 Å². The van der Waals surface area contributed by atoms with Gasteiger partial charge in [0.1, 0.15) is 11.2 Å². The Balaban J connectivity index is 1.23. The fourth-order valence-electron chi connectivity index (χ4n) is 8.61. The summed E-state index contributed by atoms with van der Waals surface area (Å²) >= 11 is 0. The molecule has 0 unspecified atom stereocenters. The van der Waals surface area contributed by atoms with Crippen LogP contribution >= 0.6 is 0 Å². The molecule has 11 aromatic rings. The summed E-state index contributed by atoms with van der Waals surface area (Å²) < 4.78 is 6.93. The fraction of sp³-hybridized carbons (Fsp3) is 0. The zero-order valence-electron chi connectivity index (χ0n) is 30.6. The first-order chi connectivity index (χ1) is 27.8. The molecule has 0 fully saturated rings. The summed E-state index contributed by atoms with van der Waals surface area (Å²) in [6.07, 6.45) is 0. The van der Waals surface area contributed by atoms with Crippen molar-refractivity contribution in [1.82, 2.24) is 0 Å². The smallest absolute Gasteiger partial charge is 0.145 e. The summed E-state index contributed by atoms with van der Waals surface area (Å²) in [5, 5.41) is 9.48. The molecule has 11 rings (SSSR count). The molecular formula is C54H35NO. The summed E-state index contributed by atoms with van der Waals surface area (Å²) in [6.45, 7) is 0. The molecule has 0 saturated heterocycles. The van der Waals surface area contributed by atoms with Gasteiger partial charge in [-0.1, -0.05) is 170 Å². The van der Waals surface area contributed by atoms with Gasteiger partial charge in [-0.05, 0) is 97.0 Å². The van der Waals surface area contributed by atoms with Crippen molar-refractivity contribution < 1.29 is 4.42 Å². The van der Waals surface area contributed by atoms with Crippen LogP contribution in [-0.2, 0) is 0 Å². The van der Waals surface area contributed by atoms with Gasteiger partial charge in [-0.3, -0.25) is 0 Å². The molecule has 0 N–H and O–H groups in total. The maximum absolute atomic E-state index is 6.93. The summed E-state index contributed by atoms with van der Waals surface area (Å²) in [4.78, 5) is 2.45. The molecule has 0 saturated carbocycles. The summed E-state index contributed by atoms with van der Waals surface area (Å²) in [5.41, 5.74) is 11.8. The van der Waals surface area contributed by atoms with E-state index in [0.717, 1.165) is 61.3 Å². The Hall–Kier alpha value is -7.42. The van der Waals surface area contributed by atoms with E-state index in [1.807, 2.05) is 0 Å². The number of hydrogen-bond acceptors (Lipinski definition) is 2. The molecule has 0 amide bonds. The second-order valence-corrected chi connectivity index (χ2v) is 14.5. The molecule has 2 heteroatoms. The van der Waals surface area contributed by atoms with E-state index >= 15 is 0 Å². The van der Waals surface area contributed by atoms with Crippen molar-refractivity contribution in [1.29, 1.82) is 0 Å². The average molecular weight is 714 g/mol. The summed E-state index contributed by atoms with van der Waals surface area (Å²) in [5.74, 6) is 0. The van der Waals surface area contributed by atoms with Crippen LogP contribution in [-0.4, -0.2) is 0 Å². The van der Waals surface area contributed by atoms with Crippen molar-refractivity contribution in [2.24, 2.45) is 0 Å². The zero-order valence-corrected chi connectivity index (χ0v) is 30.6. The molecule has 0 aliphatic rings. The molecule has 2 nitrogen and oxygen atoms in total. The average Bonchev–Trinajstić information content (AvgIpc) is 3.67. The number of para-hydroxylation sites is 1. The minimum absolute atomic E-state index is 0.865. The van der Waals surface area contributed by atoms with E-state index in [-0.39, 0.29) is 0 Å². The highest BCUT2D eigenvalue weighted by Crippen LogP contribution is 2.50. The zero-order chi connectivity index (χ0) is 37.0. The molecule has 0 radical (unpaired) electrons. The Morgan fingerprint density at radius 2 is 0.946 bits per heavy atom. The minimum atomic E-state index is 0.865. The van der Waals surface area contributed by atoms with Gasteiger partial charge in [0.15, 0.2) is 0 Å². The number of benzene rings is 10. The molecule has 0 aliphatic carbocycles. The number of anilines is 3. The molecule has 10 aromatic carbocycles. The third-order valence-electron chi connectivity index (χ3n) is 11.2. The minimum Gasteiger partial charge on any atom is -0.455 e. The quantitative estimate of drug-likeness (QED) is 0.160. The van der Waals surface area contributed by atoms with Crippen LogP contribution in [0.5, 0.6) is 0 Å². The van der Waals surface area contributed by atoms with Crippen LogP contribution in [0, 0.1) is 0 Å². The van der Waals surface area contributed by atoms with Gasteiger partial charge in [0.25, 0.3) is 0 Å². The highest BCUT2D eigenvalue weighted by atomic mass is 16.3. The lowest BCUT2D eigenvalue weighted by molar-refractivity contribution is 0.670. The van der Waals surface area contributed by atoms with Crippen molar-refractivity contribution in [3.63, 3.8) is 0 Å². The number of fused-ring (bicyclic) bond motifs is 7. The lowest BCUT2D eigenvalue weighted by Gasteiger charge is -2.29. The Morgan fingerprint density at radius 3 is 1.77 bits per heavy atom. The Kier molecular flexibility index (Phi) is 7.53. The van der Waals surface area contributed by atoms with Crippen molar-refractivity contribution in [2.75, 3.05) is 4.90 Å². The fourth-order valence-corrected chi connectivity index (χ4v) is 8.61. The summed E-state index contributed by atoms with van der Waals surface area (Å²) in [6, 6.07) is 76.5. The second kappa shape index (κ2) is 13.2. The van der Waals surface area contributed by atoms with Crippen molar-refractivity contribution >= 4 is 71.3 Å². The van der Waals surface area contributed by atoms with Gasteiger partial charge < -0.3 is 9.32 Å². The van der Waals surface area contributed by atoms with E-state index < -0.39 is 0 Å². The van der Waals surface area contributed by atoms with Crippen LogP contribution in [0.25, 0.3) is 87.6 Å². The van der Waals surface area contributed by atoms with E-state index in [4.69, 9.17) is 4.42 Å². The van der Waals surface area contributed by atoms with Crippen LogP contribution in [0.15, 0.2) is 217 Å². The van der Waals surface area contributed by atoms with Gasteiger partial charge in [0.2, 0.25) is 0 Å². The van der Waals surface area contributed by atoms with Gasteiger partial charge in [-0.25, -0.2) is 0 Å². The predicted octanol–water partition coefficient (Wildman–Crippen LogP) is 15.5. The highest BCUT2D eigenvalue weighted by Gasteiger charge is 2.25. The van der Waals surface area contributed by atoms with E-state index in [0.29, 0.717) is 0 Å². The Bertz CT molecular complexity index is 3250. The molecule has 1 aromatic heterocycles. The first kappa shape index (κ1) is 32.0. The third kappa shape index (κ3) is 5.26. The second-order valence-electron chi connectivity index (χ2n) is 14.5. The maximum Gasteiger partial charge on any atom is 0.145 e.